The lowest BCUT2D eigenvalue weighted by atomic mass is 9.86. The zero-order valence-corrected chi connectivity index (χ0v) is 13.7. The van der Waals surface area contributed by atoms with Crippen LogP contribution in [0.1, 0.15) is 27.2 Å². The average molecular weight is 347 g/mol. The molecule has 0 amide bonds. The van der Waals surface area contributed by atoms with Gasteiger partial charge < -0.3 is 10.2 Å². The minimum absolute atomic E-state index is 0.169. The van der Waals surface area contributed by atoms with Crippen molar-refractivity contribution in [1.29, 1.82) is 0 Å². The van der Waals surface area contributed by atoms with E-state index in [4.69, 9.17) is 0 Å². The molecule has 0 spiro atoms. The topological polar surface area (TPSA) is 15.3 Å². The van der Waals surface area contributed by atoms with Crippen LogP contribution in [0.4, 0.5) is 14.5 Å². The highest BCUT2D eigenvalue weighted by Gasteiger charge is 2.33. The van der Waals surface area contributed by atoms with E-state index in [-0.39, 0.29) is 16.3 Å². The fourth-order valence-corrected chi connectivity index (χ4v) is 3.30. The molecule has 1 aromatic rings. The Hall–Kier alpha value is -0.680. The van der Waals surface area contributed by atoms with Gasteiger partial charge in [0, 0.05) is 24.7 Å². The van der Waals surface area contributed by atoms with E-state index in [0.29, 0.717) is 17.6 Å². The standard InChI is InChI=1S/C15H21BrF2N2/c1-4-19-14-5-6-20(10(3)9(14)2)15-8-12(17)11(16)7-13(15)18/h7-10,14,19H,4-6H2,1-3H3. The third kappa shape index (κ3) is 2.98. The molecule has 0 aliphatic carbocycles. The van der Waals surface area contributed by atoms with E-state index < -0.39 is 5.82 Å². The fourth-order valence-electron chi connectivity index (χ4n) is 2.99. The Bertz CT molecular complexity index is 481. The van der Waals surface area contributed by atoms with Crippen molar-refractivity contribution in [1.82, 2.24) is 5.32 Å². The molecule has 1 N–H and O–H groups in total. The number of halogens is 3. The number of hydrogen-bond acceptors (Lipinski definition) is 2. The number of benzene rings is 1. The lowest BCUT2D eigenvalue weighted by Gasteiger charge is -2.44. The van der Waals surface area contributed by atoms with Crippen molar-refractivity contribution in [2.24, 2.45) is 5.92 Å². The molecular formula is C15H21BrF2N2. The summed E-state index contributed by atoms with van der Waals surface area (Å²) >= 11 is 3.02. The molecule has 2 nitrogen and oxygen atoms in total. The fraction of sp³-hybridized carbons (Fsp3) is 0.600. The van der Waals surface area contributed by atoms with E-state index in [0.717, 1.165) is 19.5 Å². The van der Waals surface area contributed by atoms with Crippen LogP contribution in [0.5, 0.6) is 0 Å². The molecule has 20 heavy (non-hydrogen) atoms. The predicted molar refractivity (Wildman–Crippen MR) is 82.1 cm³/mol. The van der Waals surface area contributed by atoms with Crippen LogP contribution in [0.3, 0.4) is 0 Å². The molecule has 0 saturated carbocycles. The first-order valence-electron chi connectivity index (χ1n) is 7.10. The first kappa shape index (κ1) is 15.7. The first-order chi connectivity index (χ1) is 9.45. The van der Waals surface area contributed by atoms with Crippen LogP contribution in [0.25, 0.3) is 0 Å². The van der Waals surface area contributed by atoms with Crippen LogP contribution >= 0.6 is 15.9 Å². The molecule has 3 atom stereocenters. The molecular weight excluding hydrogens is 326 g/mol. The minimum Gasteiger partial charge on any atom is -0.366 e. The molecule has 3 unspecified atom stereocenters. The molecule has 1 heterocycles. The van der Waals surface area contributed by atoms with E-state index in [1.54, 1.807) is 0 Å². The second-order valence-electron chi connectivity index (χ2n) is 5.46. The van der Waals surface area contributed by atoms with Gasteiger partial charge in [-0.25, -0.2) is 8.78 Å². The van der Waals surface area contributed by atoms with Crippen molar-refractivity contribution in [3.63, 3.8) is 0 Å². The average Bonchev–Trinajstić information content (AvgIpc) is 2.40. The first-order valence-corrected chi connectivity index (χ1v) is 7.89. The zero-order chi connectivity index (χ0) is 14.9. The Labute approximate surface area is 127 Å². The van der Waals surface area contributed by atoms with Crippen LogP contribution in [-0.2, 0) is 0 Å². The van der Waals surface area contributed by atoms with E-state index >= 15 is 0 Å². The third-order valence-corrected chi connectivity index (χ3v) is 4.94. The van der Waals surface area contributed by atoms with Crippen molar-refractivity contribution >= 4 is 21.6 Å². The molecule has 0 bridgehead atoms. The quantitative estimate of drug-likeness (QED) is 0.834. The molecule has 1 saturated heterocycles. The Morgan fingerprint density at radius 1 is 1.30 bits per heavy atom. The Balaban J connectivity index is 2.24. The lowest BCUT2D eigenvalue weighted by molar-refractivity contribution is 0.272. The number of hydrogen-bond donors (Lipinski definition) is 1. The molecule has 1 aliphatic rings. The maximum absolute atomic E-state index is 14.1. The Kier molecular flexibility index (Phi) is 5.02. The van der Waals surface area contributed by atoms with Gasteiger partial charge in [-0.15, -0.1) is 0 Å². The molecule has 2 rings (SSSR count). The van der Waals surface area contributed by atoms with Gasteiger partial charge in [0.25, 0.3) is 0 Å². The summed E-state index contributed by atoms with van der Waals surface area (Å²) in [5.41, 5.74) is 0.361. The molecule has 5 heteroatoms. The molecule has 0 aromatic heterocycles. The van der Waals surface area contributed by atoms with Gasteiger partial charge in [-0.05, 0) is 47.8 Å². The number of anilines is 1. The summed E-state index contributed by atoms with van der Waals surface area (Å²) in [5, 5.41) is 3.47. The molecule has 1 fully saturated rings. The van der Waals surface area contributed by atoms with Crippen molar-refractivity contribution in [2.75, 3.05) is 18.0 Å². The van der Waals surface area contributed by atoms with Crippen molar-refractivity contribution < 1.29 is 8.78 Å². The van der Waals surface area contributed by atoms with E-state index in [9.17, 15) is 8.78 Å². The van der Waals surface area contributed by atoms with Gasteiger partial charge in [0.15, 0.2) is 0 Å². The van der Waals surface area contributed by atoms with Crippen molar-refractivity contribution in [3.8, 4) is 0 Å². The van der Waals surface area contributed by atoms with E-state index in [1.807, 2.05) is 4.90 Å². The van der Waals surface area contributed by atoms with E-state index in [2.05, 4.69) is 42.0 Å². The summed E-state index contributed by atoms with van der Waals surface area (Å²) < 4.78 is 28.0. The van der Waals surface area contributed by atoms with Crippen LogP contribution in [0, 0.1) is 17.6 Å². The van der Waals surface area contributed by atoms with E-state index in [1.165, 1.54) is 12.1 Å². The lowest BCUT2D eigenvalue weighted by Crippen LogP contribution is -2.53. The monoisotopic (exact) mass is 346 g/mol. The summed E-state index contributed by atoms with van der Waals surface area (Å²) in [6.45, 7) is 8.00. The number of piperidine rings is 1. The second-order valence-corrected chi connectivity index (χ2v) is 6.32. The molecule has 112 valence electrons. The van der Waals surface area contributed by atoms with Crippen molar-refractivity contribution in [3.05, 3.63) is 28.2 Å². The van der Waals surface area contributed by atoms with Gasteiger partial charge in [0.2, 0.25) is 0 Å². The van der Waals surface area contributed by atoms with Gasteiger partial charge in [-0.1, -0.05) is 13.8 Å². The number of rotatable bonds is 3. The summed E-state index contributed by atoms with van der Waals surface area (Å²) in [4.78, 5) is 1.98. The molecule has 1 aliphatic heterocycles. The highest BCUT2D eigenvalue weighted by atomic mass is 79.9. The van der Waals surface area contributed by atoms with Crippen LogP contribution in [-0.4, -0.2) is 25.2 Å². The van der Waals surface area contributed by atoms with Crippen LogP contribution in [0.15, 0.2) is 16.6 Å². The summed E-state index contributed by atoms with van der Waals surface area (Å²) in [6.07, 6.45) is 0.941. The second kappa shape index (κ2) is 6.39. The van der Waals surface area contributed by atoms with Gasteiger partial charge in [-0.2, -0.15) is 0 Å². The van der Waals surface area contributed by atoms with Gasteiger partial charge in [-0.3, -0.25) is 0 Å². The highest BCUT2D eigenvalue weighted by Crippen LogP contribution is 2.33. The Morgan fingerprint density at radius 3 is 2.65 bits per heavy atom. The Morgan fingerprint density at radius 2 is 2.00 bits per heavy atom. The smallest absolute Gasteiger partial charge is 0.147 e. The molecule has 0 radical (unpaired) electrons. The molecule has 1 aromatic carbocycles. The predicted octanol–water partition coefficient (Wildman–Crippen LogP) is 3.94. The van der Waals surface area contributed by atoms with Gasteiger partial charge >= 0.3 is 0 Å². The number of nitrogens with one attached hydrogen (secondary N) is 1. The SMILES string of the molecule is CCNC1CCN(c2cc(F)c(Br)cc2F)C(C)C1C. The largest absolute Gasteiger partial charge is 0.366 e. The normalized spacial score (nSPS) is 26.9. The van der Waals surface area contributed by atoms with Crippen molar-refractivity contribution in [2.45, 2.75) is 39.3 Å². The maximum atomic E-state index is 14.1. The van der Waals surface area contributed by atoms with Gasteiger partial charge in [0.05, 0.1) is 10.2 Å². The van der Waals surface area contributed by atoms with Gasteiger partial charge in [0.1, 0.15) is 11.6 Å². The maximum Gasteiger partial charge on any atom is 0.147 e. The summed E-state index contributed by atoms with van der Waals surface area (Å²) in [6, 6.07) is 3.10. The third-order valence-electron chi connectivity index (χ3n) is 4.33. The minimum atomic E-state index is -0.421. The summed E-state index contributed by atoms with van der Waals surface area (Å²) in [5.74, 6) is -0.413. The highest BCUT2D eigenvalue weighted by molar-refractivity contribution is 9.10. The van der Waals surface area contributed by atoms with Crippen LogP contribution in [0.2, 0.25) is 0 Å². The van der Waals surface area contributed by atoms with Crippen LogP contribution < -0.4 is 10.2 Å². The summed E-state index contributed by atoms with van der Waals surface area (Å²) in [7, 11) is 0. The number of nitrogens with zero attached hydrogens (tertiary/aromatic N) is 1. The zero-order valence-electron chi connectivity index (χ0n) is 12.1.